The second kappa shape index (κ2) is 42.1. The number of nitrogens with one attached hydrogen (secondary N) is 9. The number of rotatable bonds is 23. The maximum Gasteiger partial charge on any atom is 0.335 e. The molecule has 38 nitrogen and oxygen atoms in total. The summed E-state index contributed by atoms with van der Waals surface area (Å²) in [4.78, 5) is 141. The summed E-state index contributed by atoms with van der Waals surface area (Å²) in [6, 6.07) is -7.48. The lowest BCUT2D eigenvalue weighted by atomic mass is 9.73. The zero-order chi connectivity index (χ0) is 92.7. The highest BCUT2D eigenvalue weighted by Crippen LogP contribution is 2.49. The third-order valence-electron chi connectivity index (χ3n) is 24.3. The lowest BCUT2D eigenvalue weighted by Crippen LogP contribution is -2.66. The van der Waals surface area contributed by atoms with Crippen LogP contribution in [0, 0.1) is 11.8 Å². The molecule has 698 valence electrons. The summed E-state index contributed by atoms with van der Waals surface area (Å²) in [6.07, 6.45) is -8.90. The number of alkyl halides is 1. The lowest BCUT2D eigenvalue weighted by Gasteiger charge is -2.42. The number of carboxylic acids is 1. The van der Waals surface area contributed by atoms with E-state index >= 15 is 28.8 Å². The standard InChI is InChI=1S/C89H110Cl2N10O28/c1-39(2)13-10-8-6-7-9-11-14-62(107)95-71-74(110)76(112)79(87(121)122)129-88(71)128-78-59-31-45-32-60(78)125-56-24-20-43(29-52(56)90)72(108)70-86(120)99-68(81(115)93-25-12-26-101(4)5)50-33-46(104)34-58(126-89-77(113)75(111)73(109)61(38-103)127-89)63(50)49-28-41(17-18-44(49)37-102)66(83(117)100-70)96-84(118)67(45)97-85(119)69-51-35-48(36-55(106)64(51)91)124-57-30-42(19-23-54(57)105)65(92-3)82(116)94-53(80(114)98-69)27-40-15-21-47(123-59)22-16-40/h15,17-21,23-24,30-33,35-36,39,46,49,52-53,61,65-77,79,88-89,92,102-106,108-113H,6-14,16,22,25-29,34,37-38H2,1-5H3,(H,93,115)(H,94,116)(H,95,107)(H,96,118)(H,97,119)(H,98,114)(H,99,120)(H,100,117)(H,121,122)/t46?,49?,52?,53-,61?,65-,66-,67-,68+,69+,70+,71?,72-,73-,74?,75?,76+,77?,79?,88-,89+/m1/s1. The predicted octanol–water partition coefficient (Wildman–Crippen LogP) is 1.61. The van der Waals surface area contributed by atoms with Gasteiger partial charge in [-0.1, -0.05) is 99.9 Å². The van der Waals surface area contributed by atoms with Gasteiger partial charge < -0.3 is 147 Å². The SMILES string of the molecule is CN[C@H]1C(=O)N[C@@H]2CC3=CC=C(CC3)Oc3cc4cc(c3O[C@@H]3OC(C(=O)O)[C@@H](O)C(O)C3NC(=O)CCCCCCCCC(C)C)OC3=CC=C(CC3Cl)[C@@H](O)[C@@H]3NC(=O)[C@H](NC(=O)[C@@H]4NC(=O)[C@@H](NC2=O)c2cc(cc(O)c2Cl)Oc2cc1ccc2O)C1=CC=C(CO)C(C1)C1=C(O[C@H]2OC(CO)[C@@H](O)C(O)C2O)CC(O)C=C1[C@@H](C(=O)NCCCN(C)C)NC3=O. The van der Waals surface area contributed by atoms with Gasteiger partial charge in [0.15, 0.2) is 29.1 Å². The van der Waals surface area contributed by atoms with Crippen molar-refractivity contribution in [2.75, 3.05) is 47.4 Å². The average molecular weight is 1840 g/mol. The van der Waals surface area contributed by atoms with Crippen LogP contribution in [0.3, 0.4) is 0 Å². The van der Waals surface area contributed by atoms with Gasteiger partial charge in [-0.25, -0.2) is 4.79 Å². The first-order chi connectivity index (χ1) is 61.6. The number of nitrogens with zero attached hydrogens (tertiary/aromatic N) is 1. The molecule has 3 saturated heterocycles. The van der Waals surface area contributed by atoms with Crippen molar-refractivity contribution in [1.82, 2.24) is 52.8 Å². The van der Waals surface area contributed by atoms with E-state index in [1.54, 1.807) is 20.2 Å². The molecule has 12 aliphatic rings. The number of aromatic hydroxyl groups is 2. The first-order valence-electron chi connectivity index (χ1n) is 43.0. The molecule has 3 aromatic rings. The number of carbonyl (C=O) groups is 9. The molecule has 3 fully saturated rings. The molecule has 0 saturated carbocycles. The van der Waals surface area contributed by atoms with Gasteiger partial charge in [0.25, 0.3) is 0 Å². The number of phenols is 2. The number of ether oxygens (including phenoxy) is 7. The van der Waals surface area contributed by atoms with Crippen molar-refractivity contribution < 1.29 is 138 Å². The number of carbonyl (C=O) groups excluding carboxylic acids is 8. The van der Waals surface area contributed by atoms with Crippen molar-refractivity contribution in [3.8, 4) is 40.2 Å². The molecular formula is C89H110Cl2N10O28. The Kier molecular flexibility index (Phi) is 31.4. The number of aliphatic hydroxyl groups is 9. The second-order valence-electron chi connectivity index (χ2n) is 34.3. The third-order valence-corrected chi connectivity index (χ3v) is 25.1. The Hall–Kier alpha value is -10.5. The van der Waals surface area contributed by atoms with E-state index in [2.05, 4.69) is 61.7 Å². The quantitative estimate of drug-likeness (QED) is 0.0474. The molecule has 0 spiro atoms. The number of likely N-dealkylation sites (N-methyl/N-ethyl adjacent to an activating group) is 1. The van der Waals surface area contributed by atoms with Crippen LogP contribution in [0.1, 0.15) is 145 Å². The van der Waals surface area contributed by atoms with Crippen LogP contribution < -0.4 is 66.8 Å². The number of carboxylic acid groups (broad SMARTS) is 1. The highest BCUT2D eigenvalue weighted by Gasteiger charge is 2.53. The molecular weight excluding hydrogens is 1730 g/mol. The molecule has 21 N–H and O–H groups in total. The smallest absolute Gasteiger partial charge is 0.335 e. The van der Waals surface area contributed by atoms with Gasteiger partial charge in [-0.3, -0.25) is 38.4 Å². The Morgan fingerprint density at radius 2 is 1.33 bits per heavy atom. The van der Waals surface area contributed by atoms with Crippen LogP contribution in [0.4, 0.5) is 0 Å². The molecule has 40 heteroatoms. The number of hydrogen-bond acceptors (Lipinski definition) is 29. The van der Waals surface area contributed by atoms with Gasteiger partial charge in [0, 0.05) is 48.9 Å². The van der Waals surface area contributed by atoms with Gasteiger partial charge in [0.05, 0.1) is 29.7 Å². The largest absolute Gasteiger partial charge is 0.506 e. The number of hydrogen-bond donors (Lipinski definition) is 21. The third kappa shape index (κ3) is 22.1. The number of amides is 8. The Bertz CT molecular complexity index is 5050. The number of unbranched alkanes of at least 4 members (excludes halogenated alkanes) is 5. The van der Waals surface area contributed by atoms with Crippen molar-refractivity contribution in [3.63, 3.8) is 0 Å². The Balaban J connectivity index is 1.03. The van der Waals surface area contributed by atoms with Gasteiger partial charge in [0.1, 0.15) is 120 Å². The van der Waals surface area contributed by atoms with E-state index in [4.69, 9.17) is 56.4 Å². The van der Waals surface area contributed by atoms with Gasteiger partial charge in [-0.2, -0.15) is 0 Å². The van der Waals surface area contributed by atoms with Gasteiger partial charge in [-0.15, -0.1) is 11.6 Å². The highest BCUT2D eigenvalue weighted by molar-refractivity contribution is 6.33. The maximum atomic E-state index is 16.9. The highest BCUT2D eigenvalue weighted by atomic mass is 35.5. The summed E-state index contributed by atoms with van der Waals surface area (Å²) < 4.78 is 45.2. The second-order valence-corrected chi connectivity index (χ2v) is 35.2. The molecule has 3 aromatic carbocycles. The van der Waals surface area contributed by atoms with Crippen LogP contribution in [0.15, 0.2) is 136 Å². The van der Waals surface area contributed by atoms with Crippen molar-refractivity contribution in [2.45, 2.75) is 231 Å². The fourth-order valence-corrected chi connectivity index (χ4v) is 17.8. The minimum Gasteiger partial charge on any atom is -0.506 e. The molecule has 0 radical (unpaired) electrons. The number of fused-ring (bicyclic) bond motifs is 14. The van der Waals surface area contributed by atoms with E-state index in [9.17, 15) is 75.7 Å². The molecule has 8 heterocycles. The summed E-state index contributed by atoms with van der Waals surface area (Å²) in [5.41, 5.74) is -0.782. The van der Waals surface area contributed by atoms with E-state index in [1.807, 2.05) is 4.90 Å². The summed E-state index contributed by atoms with van der Waals surface area (Å²) in [5, 5.41) is 161. The van der Waals surface area contributed by atoms with Crippen molar-refractivity contribution >= 4 is 76.4 Å². The van der Waals surface area contributed by atoms with E-state index < -0.39 is 258 Å². The molecule has 15 rings (SSSR count). The van der Waals surface area contributed by atoms with E-state index in [0.717, 1.165) is 56.4 Å². The Morgan fingerprint density at radius 3 is 2.03 bits per heavy atom. The van der Waals surface area contributed by atoms with Crippen LogP contribution in [-0.4, -0.2) is 270 Å². The first kappa shape index (κ1) is 96.0. The fourth-order valence-electron chi connectivity index (χ4n) is 17.3. The number of aliphatic carboxylic acids is 1. The van der Waals surface area contributed by atoms with Crippen LogP contribution in [0.5, 0.6) is 40.2 Å². The van der Waals surface area contributed by atoms with Gasteiger partial charge in [-0.05, 0) is 154 Å². The van der Waals surface area contributed by atoms with Gasteiger partial charge >= 0.3 is 5.97 Å². The molecule has 9 unspecified atom stereocenters. The van der Waals surface area contributed by atoms with Crippen LogP contribution in [0.25, 0.3) is 0 Å². The summed E-state index contributed by atoms with van der Waals surface area (Å²) in [6.45, 7) is 2.91. The monoisotopic (exact) mass is 1840 g/mol. The number of allylic oxidation sites excluding steroid dienone is 8. The maximum absolute atomic E-state index is 16.9. The van der Waals surface area contributed by atoms with Crippen molar-refractivity contribution in [1.29, 1.82) is 0 Å². The summed E-state index contributed by atoms with van der Waals surface area (Å²) >= 11 is 14.5. The lowest BCUT2D eigenvalue weighted by molar-refractivity contribution is -0.292. The van der Waals surface area contributed by atoms with E-state index in [0.29, 0.717) is 37.3 Å². The Morgan fingerprint density at radius 1 is 0.636 bits per heavy atom. The van der Waals surface area contributed by atoms with Crippen LogP contribution in [0.2, 0.25) is 5.02 Å². The average Bonchev–Trinajstić information content (AvgIpc) is 0.758. The first-order valence-corrected chi connectivity index (χ1v) is 43.8. The number of phenolic OH excluding ortho intramolecular Hbond substituents is 2. The van der Waals surface area contributed by atoms with Gasteiger partial charge in [0.2, 0.25) is 65.6 Å². The molecule has 129 heavy (non-hydrogen) atoms. The summed E-state index contributed by atoms with van der Waals surface area (Å²) in [7, 11) is 5.02. The van der Waals surface area contributed by atoms with Crippen molar-refractivity contribution in [2.24, 2.45) is 11.8 Å². The van der Waals surface area contributed by atoms with Crippen molar-refractivity contribution in [3.05, 3.63) is 157 Å². The molecule has 4 aliphatic carbocycles. The van der Waals surface area contributed by atoms with Crippen LogP contribution >= 0.6 is 23.2 Å². The number of halogens is 2. The number of aliphatic hydroxyl groups excluding tert-OH is 9. The number of benzene rings is 3. The minimum absolute atomic E-state index is 0.0352. The predicted molar refractivity (Wildman–Crippen MR) is 458 cm³/mol. The topological polar surface area (TPSA) is 573 Å². The normalized spacial score (nSPS) is 30.2. The molecule has 8 amide bonds. The summed E-state index contributed by atoms with van der Waals surface area (Å²) in [5.74, 6) is -15.8. The molecule has 0 aromatic heterocycles. The van der Waals surface area contributed by atoms with E-state index in [1.165, 1.54) is 61.7 Å². The fraction of sp³-hybridized carbons (Fsp3) is 0.517. The Labute approximate surface area is 751 Å². The van der Waals surface area contributed by atoms with E-state index in [-0.39, 0.29) is 94.4 Å². The molecule has 8 aliphatic heterocycles. The zero-order valence-electron chi connectivity index (χ0n) is 71.3. The minimum atomic E-state index is -2.38. The molecule has 21 atom stereocenters. The zero-order valence-corrected chi connectivity index (χ0v) is 72.8. The molecule has 17 bridgehead atoms. The van der Waals surface area contributed by atoms with Crippen LogP contribution in [-0.2, 0) is 57.4 Å².